The van der Waals surface area contributed by atoms with Crippen molar-refractivity contribution in [2.45, 2.75) is 37.1 Å². The highest BCUT2D eigenvalue weighted by atomic mass is 35.5. The molecular weight excluding hydrogens is 554 g/mol. The van der Waals surface area contributed by atoms with E-state index in [-0.39, 0.29) is 17.1 Å². The van der Waals surface area contributed by atoms with E-state index < -0.39 is 21.7 Å². The van der Waals surface area contributed by atoms with Crippen molar-refractivity contribution in [2.24, 2.45) is 0 Å². The molecule has 9 heteroatoms. The summed E-state index contributed by atoms with van der Waals surface area (Å²) in [5.41, 5.74) is 0.150. The zero-order valence-electron chi connectivity index (χ0n) is 22.0. The standard InChI is InChI=1S/C31H31ClF2N2O3S/c32-25-11-14-27(15-12-25)40(37,38)36(30-21-26(33)13-16-29(30)34)22-24-10-9-23-7-2-3-8-28(23)31(24)39-20-6-19-35-17-4-1-5-18-35/h2-3,7-16,21H,1,4-6,17-20,22H2. The van der Waals surface area contributed by atoms with Crippen LogP contribution in [0, 0.1) is 11.6 Å². The van der Waals surface area contributed by atoms with Gasteiger partial charge in [0.2, 0.25) is 0 Å². The van der Waals surface area contributed by atoms with Gasteiger partial charge in [-0.1, -0.05) is 54.4 Å². The van der Waals surface area contributed by atoms with E-state index in [1.165, 1.54) is 43.5 Å². The first-order valence-electron chi connectivity index (χ1n) is 13.4. The smallest absolute Gasteiger partial charge is 0.264 e. The van der Waals surface area contributed by atoms with Crippen molar-refractivity contribution in [3.05, 3.63) is 101 Å². The van der Waals surface area contributed by atoms with Crippen LogP contribution in [0.15, 0.2) is 83.8 Å². The van der Waals surface area contributed by atoms with Crippen molar-refractivity contribution in [3.63, 3.8) is 0 Å². The Morgan fingerprint density at radius 1 is 0.900 bits per heavy atom. The van der Waals surface area contributed by atoms with Crippen LogP contribution in [0.5, 0.6) is 5.75 Å². The number of likely N-dealkylation sites (tertiary alicyclic amines) is 1. The fourth-order valence-electron chi connectivity index (χ4n) is 5.09. The number of anilines is 1. The zero-order chi connectivity index (χ0) is 28.1. The minimum Gasteiger partial charge on any atom is -0.493 e. The quantitative estimate of drug-likeness (QED) is 0.182. The third kappa shape index (κ3) is 6.40. The normalized spacial score (nSPS) is 14.4. The monoisotopic (exact) mass is 584 g/mol. The molecule has 1 saturated heterocycles. The van der Waals surface area contributed by atoms with Crippen molar-refractivity contribution in [3.8, 4) is 5.75 Å². The summed E-state index contributed by atoms with van der Waals surface area (Å²) < 4.78 is 64.3. The fourth-order valence-corrected chi connectivity index (χ4v) is 6.66. The van der Waals surface area contributed by atoms with Gasteiger partial charge in [-0.3, -0.25) is 4.31 Å². The molecule has 0 atom stereocenters. The molecule has 0 amide bonds. The molecule has 1 heterocycles. The first-order chi connectivity index (χ1) is 19.3. The van der Waals surface area contributed by atoms with Crippen molar-refractivity contribution in [1.82, 2.24) is 4.90 Å². The van der Waals surface area contributed by atoms with Crippen LogP contribution in [-0.4, -0.2) is 39.6 Å². The predicted octanol–water partition coefficient (Wildman–Crippen LogP) is 7.42. The van der Waals surface area contributed by atoms with Crippen LogP contribution < -0.4 is 9.04 Å². The topological polar surface area (TPSA) is 49.9 Å². The van der Waals surface area contributed by atoms with Gasteiger partial charge in [0.05, 0.1) is 23.7 Å². The second kappa shape index (κ2) is 12.5. The lowest BCUT2D eigenvalue weighted by molar-refractivity contribution is 0.205. The average Bonchev–Trinajstić information content (AvgIpc) is 2.96. The van der Waals surface area contributed by atoms with Crippen molar-refractivity contribution in [1.29, 1.82) is 0 Å². The molecule has 5 nitrogen and oxygen atoms in total. The lowest BCUT2D eigenvalue weighted by Gasteiger charge is -2.27. The maximum atomic E-state index is 15.1. The molecule has 4 aromatic carbocycles. The predicted molar refractivity (Wildman–Crippen MR) is 156 cm³/mol. The van der Waals surface area contributed by atoms with Gasteiger partial charge in [-0.05, 0) is 74.1 Å². The molecule has 0 unspecified atom stereocenters. The van der Waals surface area contributed by atoms with Crippen LogP contribution in [0.3, 0.4) is 0 Å². The Labute approximate surface area is 239 Å². The van der Waals surface area contributed by atoms with E-state index >= 15 is 4.39 Å². The van der Waals surface area contributed by atoms with E-state index in [0.717, 1.165) is 59.3 Å². The third-order valence-electron chi connectivity index (χ3n) is 7.17. The molecule has 210 valence electrons. The van der Waals surface area contributed by atoms with Gasteiger partial charge in [-0.2, -0.15) is 0 Å². The summed E-state index contributed by atoms with van der Waals surface area (Å²) in [4.78, 5) is 2.34. The van der Waals surface area contributed by atoms with Crippen molar-refractivity contribution < 1.29 is 21.9 Å². The highest BCUT2D eigenvalue weighted by Gasteiger charge is 2.29. The lowest BCUT2D eigenvalue weighted by atomic mass is 10.0. The van der Waals surface area contributed by atoms with Crippen LogP contribution >= 0.6 is 11.6 Å². The fraction of sp³-hybridized carbons (Fsp3) is 0.290. The summed E-state index contributed by atoms with van der Waals surface area (Å²) in [5, 5.41) is 2.11. The van der Waals surface area contributed by atoms with Crippen LogP contribution in [0.4, 0.5) is 14.5 Å². The number of halogens is 3. The molecule has 0 spiro atoms. The Morgan fingerprint density at radius 3 is 2.42 bits per heavy atom. The van der Waals surface area contributed by atoms with Gasteiger partial charge < -0.3 is 9.64 Å². The highest BCUT2D eigenvalue weighted by Crippen LogP contribution is 2.35. The number of nitrogens with zero attached hydrogens (tertiary/aromatic N) is 2. The molecule has 0 aliphatic carbocycles. The minimum absolute atomic E-state index is 0.0923. The van der Waals surface area contributed by atoms with E-state index in [4.69, 9.17) is 16.3 Å². The van der Waals surface area contributed by atoms with E-state index in [1.807, 2.05) is 30.3 Å². The van der Waals surface area contributed by atoms with Crippen LogP contribution in [-0.2, 0) is 16.6 Å². The van der Waals surface area contributed by atoms with Crippen LogP contribution in [0.2, 0.25) is 5.02 Å². The number of rotatable bonds is 10. The zero-order valence-corrected chi connectivity index (χ0v) is 23.6. The van der Waals surface area contributed by atoms with Gasteiger partial charge in [0, 0.05) is 28.6 Å². The SMILES string of the molecule is O=S(=O)(c1ccc(Cl)cc1)N(Cc1ccc2ccccc2c1OCCCN1CCCCC1)c1cc(F)ccc1F. The van der Waals surface area contributed by atoms with Crippen molar-refractivity contribution >= 4 is 38.1 Å². The summed E-state index contributed by atoms with van der Waals surface area (Å²) >= 11 is 5.98. The number of ether oxygens (including phenoxy) is 1. The van der Waals surface area contributed by atoms with Crippen LogP contribution in [0.1, 0.15) is 31.2 Å². The second-order valence-corrected chi connectivity index (χ2v) is 12.2. The number of hydrogen-bond donors (Lipinski definition) is 0. The first-order valence-corrected chi connectivity index (χ1v) is 15.2. The summed E-state index contributed by atoms with van der Waals surface area (Å²) in [7, 11) is -4.31. The molecule has 0 saturated carbocycles. The van der Waals surface area contributed by atoms with E-state index in [1.54, 1.807) is 6.07 Å². The summed E-state index contributed by atoms with van der Waals surface area (Å²) in [5.74, 6) is -1.08. The third-order valence-corrected chi connectivity index (χ3v) is 9.19. The van der Waals surface area contributed by atoms with Gasteiger partial charge in [0.1, 0.15) is 17.4 Å². The van der Waals surface area contributed by atoms with Crippen LogP contribution in [0.25, 0.3) is 10.8 Å². The lowest BCUT2D eigenvalue weighted by Crippen LogP contribution is -2.32. The van der Waals surface area contributed by atoms with E-state index in [2.05, 4.69) is 4.90 Å². The maximum Gasteiger partial charge on any atom is 0.264 e. The van der Waals surface area contributed by atoms with Gasteiger partial charge in [-0.15, -0.1) is 0 Å². The van der Waals surface area contributed by atoms with Gasteiger partial charge in [0.25, 0.3) is 10.0 Å². The molecule has 4 aromatic rings. The summed E-state index contributed by atoms with van der Waals surface area (Å²) in [6, 6.07) is 19.7. The van der Waals surface area contributed by atoms with E-state index in [9.17, 15) is 12.8 Å². The molecule has 5 rings (SSSR count). The largest absolute Gasteiger partial charge is 0.493 e. The Bertz CT molecular complexity index is 1580. The Balaban J connectivity index is 1.51. The molecule has 1 aliphatic heterocycles. The average molecular weight is 585 g/mol. The second-order valence-electron chi connectivity index (χ2n) is 9.94. The molecule has 1 aliphatic rings. The first kappa shape index (κ1) is 28.3. The Morgan fingerprint density at radius 2 is 1.65 bits per heavy atom. The molecule has 0 aromatic heterocycles. The highest BCUT2D eigenvalue weighted by molar-refractivity contribution is 7.92. The maximum absolute atomic E-state index is 15.1. The van der Waals surface area contributed by atoms with Gasteiger partial charge in [0.15, 0.2) is 0 Å². The number of fused-ring (bicyclic) bond motifs is 1. The Hall–Kier alpha value is -3.20. The molecule has 0 radical (unpaired) electrons. The Kier molecular flexibility index (Phi) is 8.88. The minimum atomic E-state index is -4.31. The number of hydrogen-bond acceptors (Lipinski definition) is 4. The number of sulfonamides is 1. The molecular formula is C31H31ClF2N2O3S. The van der Waals surface area contributed by atoms with Gasteiger partial charge >= 0.3 is 0 Å². The number of piperidine rings is 1. The number of benzene rings is 4. The molecule has 1 fully saturated rings. The van der Waals surface area contributed by atoms with Crippen molar-refractivity contribution in [2.75, 3.05) is 30.5 Å². The molecule has 40 heavy (non-hydrogen) atoms. The van der Waals surface area contributed by atoms with E-state index in [0.29, 0.717) is 22.9 Å². The summed E-state index contributed by atoms with van der Waals surface area (Å²) in [6.45, 7) is 3.28. The van der Waals surface area contributed by atoms with Gasteiger partial charge in [-0.25, -0.2) is 17.2 Å². The summed E-state index contributed by atoms with van der Waals surface area (Å²) in [6.07, 6.45) is 4.51. The molecule has 0 bridgehead atoms. The molecule has 0 N–H and O–H groups in total.